The molecule has 21 heavy (non-hydrogen) atoms. The summed E-state index contributed by atoms with van der Waals surface area (Å²) in [5.41, 5.74) is -1.12. The van der Waals surface area contributed by atoms with Gasteiger partial charge in [0.15, 0.2) is 0 Å². The first kappa shape index (κ1) is 17.3. The number of rotatable bonds is 4. The van der Waals surface area contributed by atoms with E-state index in [2.05, 4.69) is 0 Å². The summed E-state index contributed by atoms with van der Waals surface area (Å²) in [4.78, 5) is 11.2. The van der Waals surface area contributed by atoms with Crippen LogP contribution in [-0.2, 0) is 0 Å². The van der Waals surface area contributed by atoms with Crippen molar-refractivity contribution in [2.45, 2.75) is 23.9 Å². The normalized spacial score (nSPS) is 14.1. The molecule has 0 fully saturated rings. The minimum absolute atomic E-state index is 0.581. The second-order valence-corrected chi connectivity index (χ2v) is 3.92. The highest BCUT2D eigenvalue weighted by Crippen LogP contribution is 2.53. The largest absolute Gasteiger partial charge is 0.460 e. The summed E-state index contributed by atoms with van der Waals surface area (Å²) < 4.78 is 113. The Bertz CT molecular complexity index is 518. The first-order valence-electron chi connectivity index (χ1n) is 5.07. The minimum atomic E-state index is -7.08. The maximum absolute atomic E-state index is 13.2. The van der Waals surface area contributed by atoms with Crippen LogP contribution < -0.4 is 0 Å². The van der Waals surface area contributed by atoms with Gasteiger partial charge in [-0.25, -0.2) is 0 Å². The van der Waals surface area contributed by atoms with Gasteiger partial charge in [0.1, 0.15) is 0 Å². The van der Waals surface area contributed by atoms with E-state index in [9.17, 15) is 44.3 Å². The standard InChI is InChI=1S/C11H5F9O/c12-8(13,7(21)6-4-2-1-3-5-6)9(14,15)10(16,17)11(18,19)20/h1-5H. The Morgan fingerprint density at radius 2 is 1.14 bits per heavy atom. The topological polar surface area (TPSA) is 17.1 Å². The summed E-state index contributed by atoms with van der Waals surface area (Å²) in [6.07, 6.45) is -6.95. The Balaban J connectivity index is 3.32. The molecule has 1 aromatic rings. The molecule has 0 aliphatic heterocycles. The van der Waals surface area contributed by atoms with E-state index in [-0.39, 0.29) is 0 Å². The molecule has 0 bridgehead atoms. The van der Waals surface area contributed by atoms with Crippen molar-refractivity contribution in [2.75, 3.05) is 0 Å². The maximum Gasteiger partial charge on any atom is 0.460 e. The van der Waals surface area contributed by atoms with E-state index in [0.29, 0.717) is 12.1 Å². The lowest BCUT2D eigenvalue weighted by atomic mass is 9.96. The molecule has 0 aromatic heterocycles. The molecule has 0 saturated carbocycles. The fourth-order valence-corrected chi connectivity index (χ4v) is 1.29. The number of alkyl halides is 9. The van der Waals surface area contributed by atoms with Crippen LogP contribution in [0, 0.1) is 0 Å². The van der Waals surface area contributed by atoms with Crippen molar-refractivity contribution in [2.24, 2.45) is 0 Å². The van der Waals surface area contributed by atoms with Crippen LogP contribution in [0.25, 0.3) is 0 Å². The quantitative estimate of drug-likeness (QED) is 0.595. The Morgan fingerprint density at radius 1 is 0.714 bits per heavy atom. The van der Waals surface area contributed by atoms with E-state index in [1.54, 1.807) is 0 Å². The first-order chi connectivity index (χ1) is 9.27. The van der Waals surface area contributed by atoms with Crippen molar-refractivity contribution >= 4 is 5.78 Å². The Hall–Kier alpha value is -1.74. The molecule has 0 atom stereocenters. The molecule has 0 saturated heterocycles. The average molecular weight is 324 g/mol. The van der Waals surface area contributed by atoms with Crippen LogP contribution in [0.3, 0.4) is 0 Å². The number of Topliss-reactive ketones (excluding diaryl/α,β-unsaturated/α-hetero) is 1. The summed E-state index contributed by atoms with van der Waals surface area (Å²) in [7, 11) is 0. The highest BCUT2D eigenvalue weighted by atomic mass is 19.4. The molecule has 1 nitrogen and oxygen atoms in total. The molecule has 10 heteroatoms. The van der Waals surface area contributed by atoms with Crippen LogP contribution in [0.15, 0.2) is 30.3 Å². The molecule has 1 rings (SSSR count). The first-order valence-corrected chi connectivity index (χ1v) is 5.07. The van der Waals surface area contributed by atoms with Gasteiger partial charge in [-0.1, -0.05) is 30.3 Å². The molecule has 0 unspecified atom stereocenters. The van der Waals surface area contributed by atoms with Crippen LogP contribution in [0.2, 0.25) is 0 Å². The number of benzene rings is 1. The van der Waals surface area contributed by atoms with Crippen LogP contribution in [-0.4, -0.2) is 29.7 Å². The van der Waals surface area contributed by atoms with Crippen LogP contribution in [0.4, 0.5) is 39.5 Å². The van der Waals surface area contributed by atoms with E-state index in [4.69, 9.17) is 0 Å². The third-order valence-corrected chi connectivity index (χ3v) is 2.47. The molecule has 1 aromatic carbocycles. The Labute approximate surface area is 111 Å². The van der Waals surface area contributed by atoms with Crippen LogP contribution in [0.5, 0.6) is 0 Å². The van der Waals surface area contributed by atoms with E-state index >= 15 is 0 Å². The number of carbonyl (C=O) groups excluding carboxylic acids is 1. The van der Waals surface area contributed by atoms with E-state index in [1.165, 1.54) is 6.07 Å². The van der Waals surface area contributed by atoms with Gasteiger partial charge in [0.25, 0.3) is 0 Å². The second kappa shape index (κ2) is 4.92. The monoisotopic (exact) mass is 324 g/mol. The zero-order valence-electron chi connectivity index (χ0n) is 9.70. The molecule has 0 amide bonds. The maximum atomic E-state index is 13.2. The smallest absolute Gasteiger partial charge is 0.287 e. The van der Waals surface area contributed by atoms with Crippen LogP contribution >= 0.6 is 0 Å². The van der Waals surface area contributed by atoms with E-state index in [0.717, 1.165) is 12.1 Å². The number of hydrogen-bond acceptors (Lipinski definition) is 1. The molecular weight excluding hydrogens is 319 g/mol. The Morgan fingerprint density at radius 3 is 1.52 bits per heavy atom. The molecule has 0 aliphatic carbocycles. The third-order valence-electron chi connectivity index (χ3n) is 2.47. The highest BCUT2D eigenvalue weighted by molar-refractivity contribution is 6.02. The lowest BCUT2D eigenvalue weighted by Gasteiger charge is -2.32. The van der Waals surface area contributed by atoms with Crippen molar-refractivity contribution in [1.29, 1.82) is 0 Å². The van der Waals surface area contributed by atoms with E-state index in [1.807, 2.05) is 0 Å². The summed E-state index contributed by atoms with van der Waals surface area (Å²) in [6, 6.07) is 4.25. The van der Waals surface area contributed by atoms with Crippen LogP contribution in [0.1, 0.15) is 10.4 Å². The second-order valence-electron chi connectivity index (χ2n) is 3.92. The summed E-state index contributed by atoms with van der Waals surface area (Å²) >= 11 is 0. The van der Waals surface area contributed by atoms with Crippen molar-refractivity contribution in [3.63, 3.8) is 0 Å². The molecular formula is C11H5F9O. The van der Waals surface area contributed by atoms with Gasteiger partial charge in [0, 0.05) is 5.56 Å². The summed E-state index contributed by atoms with van der Waals surface area (Å²) in [6.45, 7) is 0. The minimum Gasteiger partial charge on any atom is -0.287 e. The fraction of sp³-hybridized carbons (Fsp3) is 0.364. The molecule has 0 aliphatic rings. The van der Waals surface area contributed by atoms with Crippen molar-refractivity contribution in [3.05, 3.63) is 35.9 Å². The molecule has 0 heterocycles. The number of halogens is 9. The van der Waals surface area contributed by atoms with Gasteiger partial charge < -0.3 is 0 Å². The molecule has 0 spiro atoms. The van der Waals surface area contributed by atoms with Gasteiger partial charge in [-0.15, -0.1) is 0 Å². The predicted octanol–water partition coefficient (Wildman–Crippen LogP) is 4.34. The summed E-state index contributed by atoms with van der Waals surface area (Å²) in [5, 5.41) is 0. The SMILES string of the molecule is O=C(c1ccccc1)C(F)(F)C(F)(F)C(F)(F)C(F)(F)F. The van der Waals surface area contributed by atoms with Gasteiger partial charge in [-0.2, -0.15) is 39.5 Å². The zero-order valence-corrected chi connectivity index (χ0v) is 9.70. The summed E-state index contributed by atoms with van der Waals surface area (Å²) in [5.74, 6) is -23.1. The lowest BCUT2D eigenvalue weighted by molar-refractivity contribution is -0.386. The third kappa shape index (κ3) is 2.58. The highest BCUT2D eigenvalue weighted by Gasteiger charge is 2.83. The lowest BCUT2D eigenvalue weighted by Crippen LogP contribution is -2.63. The van der Waals surface area contributed by atoms with Gasteiger partial charge in [0.05, 0.1) is 0 Å². The van der Waals surface area contributed by atoms with Gasteiger partial charge in [0.2, 0.25) is 5.78 Å². The molecule has 0 N–H and O–H groups in total. The number of hydrogen-bond donors (Lipinski definition) is 0. The molecule has 0 radical (unpaired) electrons. The number of ketones is 1. The fourth-order valence-electron chi connectivity index (χ4n) is 1.29. The molecule has 118 valence electrons. The van der Waals surface area contributed by atoms with Gasteiger partial charge >= 0.3 is 23.9 Å². The Kier molecular flexibility index (Phi) is 4.05. The average Bonchev–Trinajstić information content (AvgIpc) is 2.37. The van der Waals surface area contributed by atoms with E-state index < -0.39 is 35.3 Å². The van der Waals surface area contributed by atoms with Crippen molar-refractivity contribution < 1.29 is 44.3 Å². The zero-order chi connectivity index (χ0) is 16.7. The van der Waals surface area contributed by atoms with Crippen molar-refractivity contribution in [1.82, 2.24) is 0 Å². The van der Waals surface area contributed by atoms with Gasteiger partial charge in [-0.05, 0) is 0 Å². The van der Waals surface area contributed by atoms with Gasteiger partial charge in [-0.3, -0.25) is 4.79 Å². The number of carbonyl (C=O) groups is 1. The predicted molar refractivity (Wildman–Crippen MR) is 51.7 cm³/mol. The van der Waals surface area contributed by atoms with Crippen molar-refractivity contribution in [3.8, 4) is 0 Å².